The van der Waals surface area contributed by atoms with Crippen LogP contribution in [0.1, 0.15) is 35.4 Å². The summed E-state index contributed by atoms with van der Waals surface area (Å²) in [7, 11) is 0. The molecule has 0 saturated carbocycles. The zero-order valence-corrected chi connectivity index (χ0v) is 18.6. The van der Waals surface area contributed by atoms with Gasteiger partial charge in [-0.3, -0.25) is 25.0 Å². The molecule has 1 N–H and O–H groups in total. The van der Waals surface area contributed by atoms with Crippen LogP contribution in [0.2, 0.25) is 0 Å². The fourth-order valence-electron chi connectivity index (χ4n) is 3.55. The Morgan fingerprint density at radius 2 is 2.06 bits per heavy atom. The summed E-state index contributed by atoms with van der Waals surface area (Å²) in [6.07, 6.45) is 4.05. The number of nitrogens with one attached hydrogen (secondary N) is 1. The highest BCUT2D eigenvalue weighted by Gasteiger charge is 2.33. The molecule has 1 aliphatic heterocycles. The Hall–Kier alpha value is -3.92. The number of hydrogen-bond donors (Lipinski definition) is 1. The van der Waals surface area contributed by atoms with Crippen LogP contribution in [0.3, 0.4) is 0 Å². The molecule has 0 radical (unpaired) electrons. The fraction of sp³-hybridized carbons (Fsp3) is 0.217. The Morgan fingerprint density at radius 1 is 1.27 bits per heavy atom. The number of carbonyl (C=O) groups excluding carboxylic acids is 2. The Labute approximate surface area is 193 Å². The van der Waals surface area contributed by atoms with E-state index in [-0.39, 0.29) is 17.5 Å². The van der Waals surface area contributed by atoms with Crippen molar-refractivity contribution >= 4 is 45.7 Å². The monoisotopic (exact) mass is 463 g/mol. The Morgan fingerprint density at radius 3 is 2.79 bits per heavy atom. The van der Waals surface area contributed by atoms with Crippen LogP contribution >= 0.6 is 11.3 Å². The quantitative estimate of drug-likeness (QED) is 0.319. The van der Waals surface area contributed by atoms with E-state index in [0.717, 1.165) is 12.1 Å². The lowest BCUT2D eigenvalue weighted by atomic mass is 10.1. The molecule has 168 valence electrons. The third-order valence-corrected chi connectivity index (χ3v) is 6.31. The van der Waals surface area contributed by atoms with Crippen molar-refractivity contribution in [1.29, 1.82) is 0 Å². The molecule has 1 fully saturated rings. The second-order valence-corrected chi connectivity index (χ2v) is 8.55. The number of anilines is 2. The van der Waals surface area contributed by atoms with Gasteiger partial charge in [-0.1, -0.05) is 42.5 Å². The van der Waals surface area contributed by atoms with E-state index in [1.54, 1.807) is 17.0 Å². The van der Waals surface area contributed by atoms with Crippen LogP contribution in [0.15, 0.2) is 54.6 Å². The van der Waals surface area contributed by atoms with Crippen molar-refractivity contribution in [3.63, 3.8) is 0 Å². The van der Waals surface area contributed by atoms with Crippen molar-refractivity contribution in [2.75, 3.05) is 16.8 Å². The Balaban J connectivity index is 1.37. The molecule has 1 aliphatic rings. The lowest BCUT2D eigenvalue weighted by Crippen LogP contribution is -2.24. The summed E-state index contributed by atoms with van der Waals surface area (Å²) < 4.78 is 0. The van der Waals surface area contributed by atoms with Gasteiger partial charge in [-0.25, -0.2) is 0 Å². The number of nitro benzene ring substituents is 1. The number of non-ortho nitro benzene ring substituents is 1. The molecular formula is C23H21N5O4S. The van der Waals surface area contributed by atoms with Gasteiger partial charge in [0, 0.05) is 42.8 Å². The second kappa shape index (κ2) is 9.70. The van der Waals surface area contributed by atoms with E-state index in [9.17, 15) is 19.7 Å². The maximum Gasteiger partial charge on any atom is 0.270 e. The summed E-state index contributed by atoms with van der Waals surface area (Å²) in [4.78, 5) is 36.9. The number of hydrogen-bond acceptors (Lipinski definition) is 7. The van der Waals surface area contributed by atoms with Gasteiger partial charge in [0.1, 0.15) is 5.01 Å². The van der Waals surface area contributed by atoms with Gasteiger partial charge in [0.05, 0.1) is 4.92 Å². The van der Waals surface area contributed by atoms with Crippen molar-refractivity contribution in [2.45, 2.75) is 25.7 Å². The SMILES string of the molecule is CCc1ccc(N2CC(c3nnc(NC(=O)/C=C/c4cccc([N+](=O)[O-])c4)s3)CC2=O)cc1. The number of rotatable bonds is 7. The summed E-state index contributed by atoms with van der Waals surface area (Å²) in [5, 5.41) is 22.7. The number of aromatic nitrogens is 2. The molecule has 9 nitrogen and oxygen atoms in total. The van der Waals surface area contributed by atoms with E-state index in [1.807, 2.05) is 24.3 Å². The highest BCUT2D eigenvalue weighted by atomic mass is 32.1. The number of nitrogens with zero attached hydrogens (tertiary/aromatic N) is 4. The van der Waals surface area contributed by atoms with Gasteiger partial charge in [-0.15, -0.1) is 10.2 Å². The smallest absolute Gasteiger partial charge is 0.270 e. The van der Waals surface area contributed by atoms with E-state index in [4.69, 9.17) is 0 Å². The van der Waals surface area contributed by atoms with Gasteiger partial charge < -0.3 is 4.90 Å². The number of amides is 2. The number of aryl methyl sites for hydroxylation is 1. The topological polar surface area (TPSA) is 118 Å². The molecule has 2 amide bonds. The Kier molecular flexibility index (Phi) is 6.55. The molecule has 33 heavy (non-hydrogen) atoms. The molecular weight excluding hydrogens is 442 g/mol. The van der Waals surface area contributed by atoms with E-state index < -0.39 is 10.8 Å². The lowest BCUT2D eigenvalue weighted by molar-refractivity contribution is -0.384. The average molecular weight is 464 g/mol. The standard InChI is InChI=1S/C23H21N5O4S/c1-2-15-6-9-18(10-7-15)27-14-17(13-21(27)30)22-25-26-23(33-22)24-20(29)11-8-16-4-3-5-19(12-16)28(31)32/h3-12,17H,2,13-14H2,1H3,(H,24,26,29)/b11-8+. The predicted octanol–water partition coefficient (Wildman–Crippen LogP) is 4.18. The van der Waals surface area contributed by atoms with Gasteiger partial charge in [0.2, 0.25) is 16.9 Å². The van der Waals surface area contributed by atoms with Crippen molar-refractivity contribution < 1.29 is 14.5 Å². The zero-order chi connectivity index (χ0) is 23.4. The molecule has 10 heteroatoms. The fourth-order valence-corrected chi connectivity index (χ4v) is 4.38. The van der Waals surface area contributed by atoms with Crippen LogP contribution < -0.4 is 10.2 Å². The van der Waals surface area contributed by atoms with Crippen LogP contribution in [-0.2, 0) is 16.0 Å². The van der Waals surface area contributed by atoms with Crippen molar-refractivity contribution in [3.05, 3.63) is 80.9 Å². The first-order valence-electron chi connectivity index (χ1n) is 10.4. The second-order valence-electron chi connectivity index (χ2n) is 7.55. The van der Waals surface area contributed by atoms with Gasteiger partial charge in [0.15, 0.2) is 0 Å². The molecule has 1 aromatic heterocycles. The summed E-state index contributed by atoms with van der Waals surface area (Å²) in [6.45, 7) is 2.60. The van der Waals surface area contributed by atoms with Crippen LogP contribution in [0.5, 0.6) is 0 Å². The largest absolute Gasteiger partial charge is 0.312 e. The van der Waals surface area contributed by atoms with E-state index in [1.165, 1.54) is 41.2 Å². The number of benzene rings is 2. The average Bonchev–Trinajstić information content (AvgIpc) is 3.44. The van der Waals surface area contributed by atoms with Crippen LogP contribution in [0.4, 0.5) is 16.5 Å². The minimum absolute atomic E-state index is 0.0323. The minimum atomic E-state index is -0.491. The number of carbonyl (C=O) groups is 2. The molecule has 2 heterocycles. The van der Waals surface area contributed by atoms with Gasteiger partial charge in [-0.05, 0) is 35.8 Å². The molecule has 1 atom stereocenters. The minimum Gasteiger partial charge on any atom is -0.312 e. The molecule has 2 aromatic carbocycles. The molecule has 3 aromatic rings. The molecule has 0 aliphatic carbocycles. The molecule has 4 rings (SSSR count). The molecule has 1 saturated heterocycles. The van der Waals surface area contributed by atoms with Crippen molar-refractivity contribution in [3.8, 4) is 0 Å². The maximum atomic E-state index is 12.5. The van der Waals surface area contributed by atoms with Crippen molar-refractivity contribution in [1.82, 2.24) is 10.2 Å². The summed E-state index contributed by atoms with van der Waals surface area (Å²) in [5.41, 5.74) is 2.57. The van der Waals surface area contributed by atoms with Crippen molar-refractivity contribution in [2.24, 2.45) is 0 Å². The van der Waals surface area contributed by atoms with Gasteiger partial charge in [0.25, 0.3) is 5.69 Å². The highest BCUT2D eigenvalue weighted by molar-refractivity contribution is 7.15. The van der Waals surface area contributed by atoms with Crippen LogP contribution in [0.25, 0.3) is 6.08 Å². The van der Waals surface area contributed by atoms with Gasteiger partial charge >= 0.3 is 0 Å². The van der Waals surface area contributed by atoms with E-state index in [0.29, 0.717) is 28.7 Å². The summed E-state index contributed by atoms with van der Waals surface area (Å²) in [6, 6.07) is 13.9. The molecule has 1 unspecified atom stereocenters. The van der Waals surface area contributed by atoms with Crippen LogP contribution in [0, 0.1) is 10.1 Å². The van der Waals surface area contributed by atoms with Gasteiger partial charge in [-0.2, -0.15) is 0 Å². The third-order valence-electron chi connectivity index (χ3n) is 5.31. The Bertz CT molecular complexity index is 1220. The third kappa shape index (κ3) is 5.29. The first kappa shape index (κ1) is 22.3. The summed E-state index contributed by atoms with van der Waals surface area (Å²) >= 11 is 1.24. The predicted molar refractivity (Wildman–Crippen MR) is 126 cm³/mol. The first-order chi connectivity index (χ1) is 15.9. The molecule has 0 spiro atoms. The normalized spacial score (nSPS) is 15.8. The zero-order valence-electron chi connectivity index (χ0n) is 17.8. The maximum absolute atomic E-state index is 12.5. The first-order valence-corrected chi connectivity index (χ1v) is 11.2. The highest BCUT2D eigenvalue weighted by Crippen LogP contribution is 2.34. The van der Waals surface area contributed by atoms with E-state index >= 15 is 0 Å². The summed E-state index contributed by atoms with van der Waals surface area (Å²) in [5.74, 6) is -0.485. The lowest BCUT2D eigenvalue weighted by Gasteiger charge is -2.16. The number of nitro groups is 1. The van der Waals surface area contributed by atoms with Crippen LogP contribution in [-0.4, -0.2) is 33.5 Å². The van der Waals surface area contributed by atoms with E-state index in [2.05, 4.69) is 22.4 Å². The molecule has 0 bridgehead atoms.